The van der Waals surface area contributed by atoms with Crippen LogP contribution >= 0.6 is 0 Å². The molecule has 0 fully saturated rings. The van der Waals surface area contributed by atoms with E-state index in [-0.39, 0.29) is 5.78 Å². The number of carbonyl (C=O) groups excluding carboxylic acids is 1. The first-order valence-corrected chi connectivity index (χ1v) is 6.69. The van der Waals surface area contributed by atoms with Crippen LogP contribution in [0.25, 0.3) is 0 Å². The molecule has 0 saturated carbocycles. The second kappa shape index (κ2) is 6.98. The fourth-order valence-electron chi connectivity index (χ4n) is 2.13. The van der Waals surface area contributed by atoms with Crippen LogP contribution in [0.15, 0.2) is 60.7 Å². The van der Waals surface area contributed by atoms with Crippen LogP contribution in [0.3, 0.4) is 0 Å². The minimum absolute atomic E-state index is 0.237. The third kappa shape index (κ3) is 3.76. The normalized spacial score (nSPS) is 13.7. The van der Waals surface area contributed by atoms with Gasteiger partial charge in [0.2, 0.25) is 0 Å². The van der Waals surface area contributed by atoms with Gasteiger partial charge in [-0.15, -0.1) is 0 Å². The minimum atomic E-state index is -1.04. The molecular weight excluding hydrogens is 250 g/mol. The highest BCUT2D eigenvalue weighted by Crippen LogP contribution is 2.18. The number of benzene rings is 2. The lowest BCUT2D eigenvalue weighted by Gasteiger charge is -2.23. The predicted molar refractivity (Wildman–Crippen MR) is 79.2 cm³/mol. The van der Waals surface area contributed by atoms with Gasteiger partial charge in [-0.2, -0.15) is 0 Å². The summed E-state index contributed by atoms with van der Waals surface area (Å²) in [6.45, 7) is 2.01. The number of aliphatic hydroxyl groups excluding tert-OH is 1. The molecule has 2 rings (SSSR count). The first-order valence-electron chi connectivity index (χ1n) is 6.69. The molecule has 0 bridgehead atoms. The van der Waals surface area contributed by atoms with Gasteiger partial charge in [0.05, 0.1) is 6.04 Å². The third-order valence-electron chi connectivity index (χ3n) is 3.26. The number of hydrogen-bond acceptors (Lipinski definition) is 3. The summed E-state index contributed by atoms with van der Waals surface area (Å²) in [5.74, 6) is -0.237. The first-order chi connectivity index (χ1) is 9.68. The Labute approximate surface area is 119 Å². The van der Waals surface area contributed by atoms with Crippen molar-refractivity contribution in [1.29, 1.82) is 0 Å². The molecule has 104 valence electrons. The quantitative estimate of drug-likeness (QED) is 0.847. The summed E-state index contributed by atoms with van der Waals surface area (Å²) in [6, 6.07) is 19.1. The summed E-state index contributed by atoms with van der Waals surface area (Å²) in [5, 5.41) is 13.4. The molecule has 0 spiro atoms. The summed E-state index contributed by atoms with van der Waals surface area (Å²) in [4.78, 5) is 11.5. The van der Waals surface area contributed by atoms with Gasteiger partial charge in [-0.05, 0) is 18.1 Å². The molecule has 0 heterocycles. The number of Topliss-reactive ketones (excluding diaryl/α,β-unsaturated/α-hetero) is 1. The van der Waals surface area contributed by atoms with E-state index in [1.165, 1.54) is 6.92 Å². The zero-order valence-electron chi connectivity index (χ0n) is 11.5. The maximum Gasteiger partial charge on any atom is 0.160 e. The molecule has 2 atom stereocenters. The Kier molecular flexibility index (Phi) is 5.04. The van der Waals surface area contributed by atoms with Gasteiger partial charge in [-0.3, -0.25) is 4.79 Å². The molecule has 2 N–H and O–H groups in total. The highest BCUT2D eigenvalue weighted by atomic mass is 16.3. The standard InChI is InChI=1S/C17H19NO2/c1-13(19)17(20)16(15-10-6-3-7-11-15)18-12-14-8-4-2-5-9-14/h2-11,16-18,20H,12H2,1H3/t16-,17-/m0/s1. The van der Waals surface area contributed by atoms with Crippen LogP contribution < -0.4 is 5.32 Å². The highest BCUT2D eigenvalue weighted by Gasteiger charge is 2.24. The zero-order chi connectivity index (χ0) is 14.4. The van der Waals surface area contributed by atoms with Crippen molar-refractivity contribution in [2.45, 2.75) is 25.6 Å². The van der Waals surface area contributed by atoms with E-state index in [4.69, 9.17) is 0 Å². The molecule has 0 unspecified atom stereocenters. The van der Waals surface area contributed by atoms with Crippen molar-refractivity contribution < 1.29 is 9.90 Å². The van der Waals surface area contributed by atoms with Crippen LogP contribution in [0, 0.1) is 0 Å². The number of aliphatic hydroxyl groups is 1. The molecule has 0 aliphatic carbocycles. The Balaban J connectivity index is 2.13. The van der Waals surface area contributed by atoms with Crippen LogP contribution in [0.5, 0.6) is 0 Å². The molecule has 3 nitrogen and oxygen atoms in total. The molecule has 2 aromatic rings. The van der Waals surface area contributed by atoms with Gasteiger partial charge < -0.3 is 10.4 Å². The van der Waals surface area contributed by atoms with Crippen LogP contribution in [0.2, 0.25) is 0 Å². The van der Waals surface area contributed by atoms with E-state index in [1.54, 1.807) is 0 Å². The second-order valence-corrected chi connectivity index (χ2v) is 4.81. The van der Waals surface area contributed by atoms with E-state index in [0.717, 1.165) is 11.1 Å². The van der Waals surface area contributed by atoms with Gasteiger partial charge >= 0.3 is 0 Å². The Morgan fingerprint density at radius 1 is 1.05 bits per heavy atom. The first kappa shape index (κ1) is 14.4. The van der Waals surface area contributed by atoms with Gasteiger partial charge in [-0.1, -0.05) is 60.7 Å². The molecule has 0 aliphatic heterocycles. The van der Waals surface area contributed by atoms with Crippen molar-refractivity contribution >= 4 is 5.78 Å². The van der Waals surface area contributed by atoms with Crippen LogP contribution in [-0.2, 0) is 11.3 Å². The van der Waals surface area contributed by atoms with Crippen LogP contribution in [-0.4, -0.2) is 17.0 Å². The van der Waals surface area contributed by atoms with Crippen molar-refractivity contribution in [1.82, 2.24) is 5.32 Å². The number of nitrogens with one attached hydrogen (secondary N) is 1. The Bertz CT molecular complexity index is 539. The average molecular weight is 269 g/mol. The average Bonchev–Trinajstić information content (AvgIpc) is 2.49. The van der Waals surface area contributed by atoms with Gasteiger partial charge in [0.25, 0.3) is 0 Å². The van der Waals surface area contributed by atoms with E-state index in [2.05, 4.69) is 5.32 Å². The van der Waals surface area contributed by atoms with Crippen molar-refractivity contribution in [3.8, 4) is 0 Å². The van der Waals surface area contributed by atoms with E-state index in [0.29, 0.717) is 6.54 Å². The lowest BCUT2D eigenvalue weighted by Crippen LogP contribution is -2.36. The van der Waals surface area contributed by atoms with Crippen LogP contribution in [0.1, 0.15) is 24.1 Å². The maximum atomic E-state index is 11.5. The van der Waals surface area contributed by atoms with Crippen molar-refractivity contribution in [3.05, 3.63) is 71.8 Å². The van der Waals surface area contributed by atoms with Crippen molar-refractivity contribution in [2.24, 2.45) is 0 Å². The highest BCUT2D eigenvalue weighted by molar-refractivity contribution is 5.81. The number of carbonyl (C=O) groups is 1. The second-order valence-electron chi connectivity index (χ2n) is 4.81. The van der Waals surface area contributed by atoms with E-state index in [1.807, 2.05) is 60.7 Å². The fraction of sp³-hybridized carbons (Fsp3) is 0.235. The van der Waals surface area contributed by atoms with Crippen molar-refractivity contribution in [2.75, 3.05) is 0 Å². The van der Waals surface area contributed by atoms with Gasteiger partial charge in [-0.25, -0.2) is 0 Å². The van der Waals surface area contributed by atoms with Gasteiger partial charge in [0, 0.05) is 6.54 Å². The number of ketones is 1. The summed E-state index contributed by atoms with van der Waals surface area (Å²) >= 11 is 0. The van der Waals surface area contributed by atoms with E-state index in [9.17, 15) is 9.90 Å². The Morgan fingerprint density at radius 2 is 1.60 bits per heavy atom. The molecule has 2 aromatic carbocycles. The molecule has 20 heavy (non-hydrogen) atoms. The van der Waals surface area contributed by atoms with E-state index < -0.39 is 12.1 Å². The van der Waals surface area contributed by atoms with Gasteiger partial charge in [0.1, 0.15) is 6.10 Å². The molecule has 0 amide bonds. The summed E-state index contributed by atoms with van der Waals surface area (Å²) < 4.78 is 0. The summed E-state index contributed by atoms with van der Waals surface area (Å²) in [7, 11) is 0. The lowest BCUT2D eigenvalue weighted by molar-refractivity contribution is -0.126. The van der Waals surface area contributed by atoms with E-state index >= 15 is 0 Å². The number of hydrogen-bond donors (Lipinski definition) is 2. The summed E-state index contributed by atoms with van der Waals surface area (Å²) in [6.07, 6.45) is -1.04. The largest absolute Gasteiger partial charge is 0.383 e. The minimum Gasteiger partial charge on any atom is -0.383 e. The lowest BCUT2D eigenvalue weighted by atomic mass is 9.98. The Hall–Kier alpha value is -1.97. The third-order valence-corrected chi connectivity index (χ3v) is 3.26. The Morgan fingerprint density at radius 3 is 2.15 bits per heavy atom. The van der Waals surface area contributed by atoms with Gasteiger partial charge in [0.15, 0.2) is 5.78 Å². The summed E-state index contributed by atoms with van der Waals surface area (Å²) in [5.41, 5.74) is 2.02. The molecule has 0 aromatic heterocycles. The molecule has 0 saturated heterocycles. The molecule has 3 heteroatoms. The monoisotopic (exact) mass is 269 g/mol. The smallest absolute Gasteiger partial charge is 0.160 e. The fourth-order valence-corrected chi connectivity index (χ4v) is 2.13. The molecule has 0 radical (unpaired) electrons. The molecular formula is C17H19NO2. The van der Waals surface area contributed by atoms with Crippen LogP contribution in [0.4, 0.5) is 0 Å². The zero-order valence-corrected chi connectivity index (χ0v) is 11.5. The predicted octanol–water partition coefficient (Wildman–Crippen LogP) is 2.47. The SMILES string of the molecule is CC(=O)[C@H](O)[C@@H](NCc1ccccc1)c1ccccc1. The number of rotatable bonds is 6. The van der Waals surface area contributed by atoms with Crippen molar-refractivity contribution in [3.63, 3.8) is 0 Å². The maximum absolute atomic E-state index is 11.5. The topological polar surface area (TPSA) is 49.3 Å². The molecule has 0 aliphatic rings.